The highest BCUT2D eigenvalue weighted by molar-refractivity contribution is 5.97. The Kier molecular flexibility index (Phi) is 5.01. The molecule has 0 heterocycles. The minimum absolute atomic E-state index is 0.307. The summed E-state index contributed by atoms with van der Waals surface area (Å²) < 4.78 is 9.50. The van der Waals surface area contributed by atoms with E-state index in [1.54, 1.807) is 12.1 Å². The molecule has 0 saturated heterocycles. The lowest BCUT2D eigenvalue weighted by Gasteiger charge is -2.13. The number of hydrogen-bond donors (Lipinski definition) is 0. The summed E-state index contributed by atoms with van der Waals surface area (Å²) in [6.07, 6.45) is 0. The minimum atomic E-state index is -0.498. The number of hydrogen-bond acceptors (Lipinski definition) is 5. The van der Waals surface area contributed by atoms with E-state index in [2.05, 4.69) is 0 Å². The molecule has 0 saturated carbocycles. The molecule has 0 radical (unpaired) electrons. The van der Waals surface area contributed by atoms with Crippen molar-refractivity contribution >= 4 is 17.6 Å². The lowest BCUT2D eigenvalue weighted by Crippen LogP contribution is -2.08. The van der Waals surface area contributed by atoms with Crippen LogP contribution in [0.1, 0.15) is 20.7 Å². The molecule has 0 N–H and O–H groups in total. The average Bonchev–Trinajstić information content (AvgIpc) is 2.59. The molecular weight excluding hydrogens is 294 g/mol. The number of benzene rings is 2. The van der Waals surface area contributed by atoms with Crippen LogP contribution < -0.4 is 4.90 Å². The maximum Gasteiger partial charge on any atom is 0.337 e. The molecule has 0 fully saturated rings. The zero-order chi connectivity index (χ0) is 17.0. The SMILES string of the molecule is COC(=O)c1cc(C(=O)OC)cc(-c2ccc(N(C)C)cc2)c1. The van der Waals surface area contributed by atoms with Crippen molar-refractivity contribution in [1.82, 2.24) is 0 Å². The first kappa shape index (κ1) is 16.5. The largest absolute Gasteiger partial charge is 0.465 e. The number of carbonyl (C=O) groups is 2. The summed E-state index contributed by atoms with van der Waals surface area (Å²) in [7, 11) is 6.53. The van der Waals surface area contributed by atoms with Crippen molar-refractivity contribution in [3.8, 4) is 11.1 Å². The maximum atomic E-state index is 11.8. The number of methoxy groups -OCH3 is 2. The average molecular weight is 313 g/mol. The Morgan fingerprint density at radius 2 is 1.26 bits per heavy atom. The molecule has 2 aromatic carbocycles. The van der Waals surface area contributed by atoms with E-state index in [0.717, 1.165) is 16.8 Å². The van der Waals surface area contributed by atoms with Gasteiger partial charge in [-0.05, 0) is 41.5 Å². The van der Waals surface area contributed by atoms with Gasteiger partial charge in [-0.25, -0.2) is 9.59 Å². The molecule has 5 nitrogen and oxygen atoms in total. The van der Waals surface area contributed by atoms with Gasteiger partial charge in [-0.1, -0.05) is 12.1 Å². The van der Waals surface area contributed by atoms with Gasteiger partial charge >= 0.3 is 11.9 Å². The van der Waals surface area contributed by atoms with Crippen LogP contribution in [-0.2, 0) is 9.47 Å². The third-order valence-corrected chi connectivity index (χ3v) is 3.49. The molecule has 0 bridgehead atoms. The Bertz CT molecular complexity index is 686. The lowest BCUT2D eigenvalue weighted by molar-refractivity contribution is 0.0599. The van der Waals surface area contributed by atoms with Gasteiger partial charge in [0, 0.05) is 19.8 Å². The highest BCUT2D eigenvalue weighted by atomic mass is 16.5. The van der Waals surface area contributed by atoms with Gasteiger partial charge in [0.25, 0.3) is 0 Å². The molecule has 0 aliphatic rings. The van der Waals surface area contributed by atoms with E-state index < -0.39 is 11.9 Å². The van der Waals surface area contributed by atoms with E-state index in [4.69, 9.17) is 9.47 Å². The van der Waals surface area contributed by atoms with E-state index in [0.29, 0.717) is 11.1 Å². The standard InChI is InChI=1S/C18H19NO4/c1-19(2)16-7-5-12(6-8-16)13-9-14(17(20)22-3)11-15(10-13)18(21)23-4/h5-11H,1-4H3. The Balaban J connectivity index is 2.51. The summed E-state index contributed by atoms with van der Waals surface area (Å²) in [5.41, 5.74) is 3.32. The van der Waals surface area contributed by atoms with Crippen molar-refractivity contribution in [2.75, 3.05) is 33.2 Å². The number of ether oxygens (including phenoxy) is 2. The Morgan fingerprint density at radius 3 is 1.65 bits per heavy atom. The van der Waals surface area contributed by atoms with Gasteiger partial charge in [0.15, 0.2) is 0 Å². The Labute approximate surface area is 135 Å². The topological polar surface area (TPSA) is 55.8 Å². The van der Waals surface area contributed by atoms with Crippen molar-refractivity contribution in [2.24, 2.45) is 0 Å². The second kappa shape index (κ2) is 6.96. The minimum Gasteiger partial charge on any atom is -0.465 e. The summed E-state index contributed by atoms with van der Waals surface area (Å²) >= 11 is 0. The smallest absolute Gasteiger partial charge is 0.337 e. The molecule has 0 spiro atoms. The summed E-state index contributed by atoms with van der Waals surface area (Å²) in [5, 5.41) is 0. The van der Waals surface area contributed by atoms with Gasteiger partial charge in [0.2, 0.25) is 0 Å². The quantitative estimate of drug-likeness (QED) is 0.812. The predicted octanol–water partition coefficient (Wildman–Crippen LogP) is 2.99. The van der Waals surface area contributed by atoms with Crippen molar-refractivity contribution in [2.45, 2.75) is 0 Å². The zero-order valence-electron chi connectivity index (χ0n) is 13.6. The van der Waals surface area contributed by atoms with Crippen LogP contribution in [0.15, 0.2) is 42.5 Å². The van der Waals surface area contributed by atoms with Gasteiger partial charge in [0.1, 0.15) is 0 Å². The number of anilines is 1. The van der Waals surface area contributed by atoms with E-state index in [9.17, 15) is 9.59 Å². The van der Waals surface area contributed by atoms with E-state index >= 15 is 0 Å². The Hall–Kier alpha value is -2.82. The fourth-order valence-electron chi connectivity index (χ4n) is 2.22. The normalized spacial score (nSPS) is 10.1. The fourth-order valence-corrected chi connectivity index (χ4v) is 2.22. The number of rotatable bonds is 4. The number of esters is 2. The first-order valence-electron chi connectivity index (χ1n) is 7.05. The molecule has 120 valence electrons. The molecule has 0 amide bonds. The number of carbonyl (C=O) groups excluding carboxylic acids is 2. The van der Waals surface area contributed by atoms with E-state index in [1.807, 2.05) is 43.3 Å². The van der Waals surface area contributed by atoms with Crippen LogP contribution in [0.3, 0.4) is 0 Å². The zero-order valence-corrected chi connectivity index (χ0v) is 13.6. The van der Waals surface area contributed by atoms with Gasteiger partial charge in [-0.15, -0.1) is 0 Å². The molecule has 0 aromatic heterocycles. The molecule has 0 unspecified atom stereocenters. The molecule has 0 aliphatic carbocycles. The number of nitrogens with zero attached hydrogens (tertiary/aromatic N) is 1. The van der Waals surface area contributed by atoms with Crippen LogP contribution in [0.25, 0.3) is 11.1 Å². The van der Waals surface area contributed by atoms with Crippen molar-refractivity contribution in [3.05, 3.63) is 53.6 Å². The molecule has 2 rings (SSSR count). The summed E-state index contributed by atoms with van der Waals surface area (Å²) in [6.45, 7) is 0. The highest BCUT2D eigenvalue weighted by Gasteiger charge is 2.14. The second-order valence-corrected chi connectivity index (χ2v) is 5.22. The van der Waals surface area contributed by atoms with Crippen molar-refractivity contribution in [1.29, 1.82) is 0 Å². The molecule has 5 heteroatoms. The van der Waals surface area contributed by atoms with Gasteiger partial charge < -0.3 is 14.4 Å². The molecule has 0 aliphatic heterocycles. The monoisotopic (exact) mass is 313 g/mol. The van der Waals surface area contributed by atoms with Crippen molar-refractivity contribution in [3.63, 3.8) is 0 Å². The highest BCUT2D eigenvalue weighted by Crippen LogP contribution is 2.25. The van der Waals surface area contributed by atoms with Crippen molar-refractivity contribution < 1.29 is 19.1 Å². The molecule has 2 aromatic rings. The van der Waals surface area contributed by atoms with Crippen LogP contribution in [0, 0.1) is 0 Å². The Morgan fingerprint density at radius 1 is 0.783 bits per heavy atom. The van der Waals surface area contributed by atoms with Crippen LogP contribution in [0.4, 0.5) is 5.69 Å². The lowest BCUT2D eigenvalue weighted by atomic mass is 9.99. The van der Waals surface area contributed by atoms with Gasteiger partial charge in [0.05, 0.1) is 25.3 Å². The first-order valence-corrected chi connectivity index (χ1v) is 7.05. The maximum absolute atomic E-state index is 11.8. The first-order chi connectivity index (χ1) is 11.0. The predicted molar refractivity (Wildman–Crippen MR) is 88.9 cm³/mol. The van der Waals surface area contributed by atoms with Crippen LogP contribution in [0.5, 0.6) is 0 Å². The summed E-state index contributed by atoms with van der Waals surface area (Å²) in [4.78, 5) is 25.6. The van der Waals surface area contributed by atoms with E-state index in [-0.39, 0.29) is 0 Å². The van der Waals surface area contributed by atoms with Crippen LogP contribution in [-0.4, -0.2) is 40.3 Å². The molecule has 23 heavy (non-hydrogen) atoms. The van der Waals surface area contributed by atoms with Gasteiger partial charge in [-0.2, -0.15) is 0 Å². The van der Waals surface area contributed by atoms with Crippen LogP contribution >= 0.6 is 0 Å². The summed E-state index contributed by atoms with van der Waals surface area (Å²) in [5.74, 6) is -0.996. The van der Waals surface area contributed by atoms with Crippen LogP contribution in [0.2, 0.25) is 0 Å². The second-order valence-electron chi connectivity index (χ2n) is 5.22. The molecule has 0 atom stereocenters. The summed E-state index contributed by atoms with van der Waals surface area (Å²) in [6, 6.07) is 12.7. The third-order valence-electron chi connectivity index (χ3n) is 3.49. The molecular formula is C18H19NO4. The van der Waals surface area contributed by atoms with Gasteiger partial charge in [-0.3, -0.25) is 0 Å². The fraction of sp³-hybridized carbons (Fsp3) is 0.222. The third kappa shape index (κ3) is 3.69. The van der Waals surface area contributed by atoms with E-state index in [1.165, 1.54) is 20.3 Å².